The van der Waals surface area contributed by atoms with Crippen LogP contribution in [0, 0.1) is 11.6 Å². The predicted octanol–water partition coefficient (Wildman–Crippen LogP) is 3.09. The molecule has 0 aliphatic carbocycles. The number of halogens is 2. The van der Waals surface area contributed by atoms with Crippen LogP contribution in [0.15, 0.2) is 18.2 Å². The van der Waals surface area contributed by atoms with E-state index in [1.807, 2.05) is 32.8 Å². The monoisotopic (exact) mass is 256 g/mol. The standard InChI is InChI=1S/C14H22F2N2/c1-5-14(6-2,18(3)4)13(17)11-9-10(15)7-8-12(11)16/h7-9,13H,5-6,17H2,1-4H3. The van der Waals surface area contributed by atoms with Crippen molar-refractivity contribution < 1.29 is 8.78 Å². The van der Waals surface area contributed by atoms with Crippen LogP contribution in [-0.4, -0.2) is 24.5 Å². The Morgan fingerprint density at radius 2 is 1.78 bits per heavy atom. The minimum absolute atomic E-state index is 0.243. The highest BCUT2D eigenvalue weighted by atomic mass is 19.1. The maximum Gasteiger partial charge on any atom is 0.128 e. The summed E-state index contributed by atoms with van der Waals surface area (Å²) in [6, 6.07) is 2.89. The minimum atomic E-state index is -0.557. The van der Waals surface area contributed by atoms with Gasteiger partial charge in [0.25, 0.3) is 0 Å². The van der Waals surface area contributed by atoms with Crippen molar-refractivity contribution in [1.82, 2.24) is 4.90 Å². The maximum atomic E-state index is 13.8. The molecule has 1 unspecified atom stereocenters. The van der Waals surface area contributed by atoms with E-state index in [2.05, 4.69) is 0 Å². The maximum absolute atomic E-state index is 13.8. The lowest BCUT2D eigenvalue weighted by atomic mass is 9.80. The fourth-order valence-electron chi connectivity index (χ4n) is 2.64. The predicted molar refractivity (Wildman–Crippen MR) is 70.3 cm³/mol. The molecule has 1 aromatic rings. The first-order chi connectivity index (χ1) is 8.39. The van der Waals surface area contributed by atoms with E-state index in [0.29, 0.717) is 0 Å². The average molecular weight is 256 g/mol. The summed E-state index contributed by atoms with van der Waals surface area (Å²) in [7, 11) is 3.84. The molecule has 0 saturated carbocycles. The molecule has 0 saturated heterocycles. The highest BCUT2D eigenvalue weighted by molar-refractivity contribution is 5.25. The lowest BCUT2D eigenvalue weighted by molar-refractivity contribution is 0.104. The summed E-state index contributed by atoms with van der Waals surface area (Å²) in [6.45, 7) is 4.03. The van der Waals surface area contributed by atoms with Crippen LogP contribution in [0.3, 0.4) is 0 Å². The molecule has 0 fully saturated rings. The average Bonchev–Trinajstić information content (AvgIpc) is 2.34. The van der Waals surface area contributed by atoms with Crippen molar-refractivity contribution in [1.29, 1.82) is 0 Å². The minimum Gasteiger partial charge on any atom is -0.322 e. The van der Waals surface area contributed by atoms with E-state index in [1.54, 1.807) is 0 Å². The molecule has 4 heteroatoms. The van der Waals surface area contributed by atoms with Gasteiger partial charge in [-0.1, -0.05) is 13.8 Å². The van der Waals surface area contributed by atoms with E-state index in [1.165, 1.54) is 6.07 Å². The van der Waals surface area contributed by atoms with Gasteiger partial charge in [0, 0.05) is 11.1 Å². The van der Waals surface area contributed by atoms with Gasteiger partial charge in [-0.15, -0.1) is 0 Å². The van der Waals surface area contributed by atoms with Gasteiger partial charge in [0.2, 0.25) is 0 Å². The van der Waals surface area contributed by atoms with Crippen LogP contribution in [0.4, 0.5) is 8.78 Å². The Labute approximate surface area is 108 Å². The highest BCUT2D eigenvalue weighted by Crippen LogP contribution is 2.35. The van der Waals surface area contributed by atoms with E-state index >= 15 is 0 Å². The summed E-state index contributed by atoms with van der Waals surface area (Å²) in [5.41, 5.74) is 6.09. The van der Waals surface area contributed by atoms with Crippen molar-refractivity contribution in [2.24, 2.45) is 5.73 Å². The second kappa shape index (κ2) is 5.76. The fraction of sp³-hybridized carbons (Fsp3) is 0.571. The number of nitrogens with two attached hydrogens (primary N) is 1. The van der Waals surface area contributed by atoms with Gasteiger partial charge in [-0.3, -0.25) is 0 Å². The van der Waals surface area contributed by atoms with Gasteiger partial charge >= 0.3 is 0 Å². The third-order valence-corrected chi connectivity index (χ3v) is 3.99. The molecular formula is C14H22F2N2. The second-order valence-corrected chi connectivity index (χ2v) is 4.85. The van der Waals surface area contributed by atoms with Crippen molar-refractivity contribution in [3.8, 4) is 0 Å². The molecule has 0 aliphatic heterocycles. The molecule has 0 spiro atoms. The van der Waals surface area contributed by atoms with Crippen LogP contribution < -0.4 is 5.73 Å². The van der Waals surface area contributed by atoms with Crippen LogP contribution in [0.25, 0.3) is 0 Å². The van der Waals surface area contributed by atoms with Crippen molar-refractivity contribution in [2.45, 2.75) is 38.3 Å². The Kier molecular flexibility index (Phi) is 4.82. The highest BCUT2D eigenvalue weighted by Gasteiger charge is 2.37. The molecular weight excluding hydrogens is 234 g/mol. The van der Waals surface area contributed by atoms with Crippen molar-refractivity contribution in [2.75, 3.05) is 14.1 Å². The Morgan fingerprint density at radius 1 is 1.22 bits per heavy atom. The third kappa shape index (κ3) is 2.54. The number of hydrogen-bond donors (Lipinski definition) is 1. The summed E-state index contributed by atoms with van der Waals surface area (Å²) in [5, 5.41) is 0. The first-order valence-electron chi connectivity index (χ1n) is 6.27. The molecule has 0 radical (unpaired) electrons. The summed E-state index contributed by atoms with van der Waals surface area (Å²) >= 11 is 0. The van der Waals surface area contributed by atoms with Gasteiger partial charge in [-0.05, 0) is 45.1 Å². The van der Waals surface area contributed by atoms with E-state index in [0.717, 1.165) is 25.0 Å². The molecule has 2 nitrogen and oxygen atoms in total. The quantitative estimate of drug-likeness (QED) is 0.877. The molecule has 2 N–H and O–H groups in total. The van der Waals surface area contributed by atoms with Gasteiger partial charge in [0.15, 0.2) is 0 Å². The van der Waals surface area contributed by atoms with Crippen molar-refractivity contribution in [3.63, 3.8) is 0 Å². The summed E-state index contributed by atoms with van der Waals surface area (Å²) in [6.07, 6.45) is 1.54. The topological polar surface area (TPSA) is 29.3 Å². The zero-order valence-electron chi connectivity index (χ0n) is 11.5. The molecule has 0 heterocycles. The smallest absolute Gasteiger partial charge is 0.128 e. The lowest BCUT2D eigenvalue weighted by Crippen LogP contribution is -2.51. The molecule has 0 amide bonds. The van der Waals surface area contributed by atoms with Crippen LogP contribution >= 0.6 is 0 Å². The molecule has 18 heavy (non-hydrogen) atoms. The number of benzene rings is 1. The molecule has 0 bridgehead atoms. The number of hydrogen-bond acceptors (Lipinski definition) is 2. The van der Waals surface area contributed by atoms with Gasteiger partial charge in [-0.2, -0.15) is 0 Å². The van der Waals surface area contributed by atoms with E-state index in [-0.39, 0.29) is 11.1 Å². The van der Waals surface area contributed by atoms with Gasteiger partial charge in [-0.25, -0.2) is 8.78 Å². The summed E-state index contributed by atoms with van der Waals surface area (Å²) in [5.74, 6) is -0.904. The fourth-order valence-corrected chi connectivity index (χ4v) is 2.64. The van der Waals surface area contributed by atoms with Crippen molar-refractivity contribution >= 4 is 0 Å². The number of likely N-dealkylation sites (N-methyl/N-ethyl adjacent to an activating group) is 1. The zero-order valence-corrected chi connectivity index (χ0v) is 11.5. The normalized spacial score (nSPS) is 14.0. The first-order valence-corrected chi connectivity index (χ1v) is 6.27. The molecule has 102 valence electrons. The first kappa shape index (κ1) is 15.1. The van der Waals surface area contributed by atoms with Gasteiger partial charge in [0.05, 0.1) is 6.04 Å². The largest absolute Gasteiger partial charge is 0.322 e. The van der Waals surface area contributed by atoms with Crippen LogP contribution in [-0.2, 0) is 0 Å². The van der Waals surface area contributed by atoms with E-state index in [9.17, 15) is 8.78 Å². The Bertz CT molecular complexity index is 401. The Morgan fingerprint density at radius 3 is 2.22 bits per heavy atom. The summed E-state index contributed by atoms with van der Waals surface area (Å²) < 4.78 is 27.1. The lowest BCUT2D eigenvalue weighted by Gasteiger charge is -2.43. The molecule has 1 atom stereocenters. The van der Waals surface area contributed by atoms with Gasteiger partial charge < -0.3 is 10.6 Å². The van der Waals surface area contributed by atoms with Crippen LogP contribution in [0.1, 0.15) is 38.3 Å². The molecule has 1 aromatic carbocycles. The summed E-state index contributed by atoms with van der Waals surface area (Å²) in [4.78, 5) is 2.00. The van der Waals surface area contributed by atoms with E-state index in [4.69, 9.17) is 5.73 Å². The number of nitrogens with zero attached hydrogens (tertiary/aromatic N) is 1. The molecule has 0 aromatic heterocycles. The molecule has 1 rings (SSSR count). The SMILES string of the molecule is CCC(CC)(C(N)c1cc(F)ccc1F)N(C)C. The Balaban J connectivity index is 3.25. The van der Waals surface area contributed by atoms with Gasteiger partial charge in [0.1, 0.15) is 11.6 Å². The third-order valence-electron chi connectivity index (χ3n) is 3.99. The Hall–Kier alpha value is -1.00. The van der Waals surface area contributed by atoms with E-state index < -0.39 is 17.7 Å². The van der Waals surface area contributed by atoms with Crippen LogP contribution in [0.5, 0.6) is 0 Å². The second-order valence-electron chi connectivity index (χ2n) is 4.85. The molecule has 0 aliphatic rings. The zero-order chi connectivity index (χ0) is 13.9. The number of rotatable bonds is 5. The van der Waals surface area contributed by atoms with Crippen molar-refractivity contribution in [3.05, 3.63) is 35.4 Å². The van der Waals surface area contributed by atoms with Crippen LogP contribution in [0.2, 0.25) is 0 Å².